The van der Waals surface area contributed by atoms with Crippen molar-refractivity contribution >= 4 is 23.8 Å². The number of hydrogen-bond acceptors (Lipinski definition) is 3. The van der Waals surface area contributed by atoms with Gasteiger partial charge >= 0.3 is 7.48 Å². The molecule has 0 spiro atoms. The number of benzene rings is 1. The third kappa shape index (κ3) is 1.22. The summed E-state index contributed by atoms with van der Waals surface area (Å²) in [6.07, 6.45) is 2.68. The SMILES string of the molecule is O[B]c1ccc2c3c(ccnc13)CCO2. The first-order chi connectivity index (χ1) is 7.40. The van der Waals surface area contributed by atoms with Crippen LogP contribution >= 0.6 is 0 Å². The van der Waals surface area contributed by atoms with Crippen LogP contribution < -0.4 is 10.2 Å². The predicted molar refractivity (Wildman–Crippen MR) is 58.5 cm³/mol. The zero-order valence-electron chi connectivity index (χ0n) is 8.10. The van der Waals surface area contributed by atoms with E-state index in [2.05, 4.69) is 4.98 Å². The molecule has 73 valence electrons. The highest BCUT2D eigenvalue weighted by atomic mass is 16.5. The van der Waals surface area contributed by atoms with E-state index in [9.17, 15) is 0 Å². The summed E-state index contributed by atoms with van der Waals surface area (Å²) < 4.78 is 5.56. The Hall–Kier alpha value is -1.55. The average Bonchev–Trinajstić information content (AvgIpc) is 2.30. The van der Waals surface area contributed by atoms with Crippen LogP contribution in [0.25, 0.3) is 10.9 Å². The number of rotatable bonds is 1. The number of nitrogens with zero attached hydrogens (tertiary/aromatic N) is 1. The summed E-state index contributed by atoms with van der Waals surface area (Å²) in [4.78, 5) is 4.28. The molecule has 1 aromatic heterocycles. The molecule has 1 radical (unpaired) electrons. The van der Waals surface area contributed by atoms with Gasteiger partial charge in [0.1, 0.15) is 5.75 Å². The molecule has 0 unspecified atom stereocenters. The molecule has 15 heavy (non-hydrogen) atoms. The quantitative estimate of drug-likeness (QED) is 0.674. The molecule has 0 aliphatic carbocycles. The van der Waals surface area contributed by atoms with Crippen LogP contribution in [0.1, 0.15) is 5.56 Å². The molecule has 0 fully saturated rings. The highest BCUT2D eigenvalue weighted by Crippen LogP contribution is 2.30. The Bertz CT molecular complexity index is 517. The van der Waals surface area contributed by atoms with Crippen molar-refractivity contribution in [1.82, 2.24) is 4.98 Å². The maximum atomic E-state index is 9.10. The van der Waals surface area contributed by atoms with Gasteiger partial charge in [0.05, 0.1) is 12.1 Å². The van der Waals surface area contributed by atoms with Gasteiger partial charge in [-0.15, -0.1) is 0 Å². The van der Waals surface area contributed by atoms with Gasteiger partial charge in [0.15, 0.2) is 0 Å². The highest BCUT2D eigenvalue weighted by Gasteiger charge is 2.16. The van der Waals surface area contributed by atoms with Crippen LogP contribution in [0.5, 0.6) is 5.75 Å². The molecule has 2 heterocycles. The summed E-state index contributed by atoms with van der Waals surface area (Å²) in [5.41, 5.74) is 2.79. The second-order valence-corrected chi connectivity index (χ2v) is 3.57. The predicted octanol–water partition coefficient (Wildman–Crippen LogP) is 0.406. The molecule has 0 atom stereocenters. The molecular weight excluding hydrogens is 189 g/mol. The van der Waals surface area contributed by atoms with E-state index in [0.717, 1.165) is 36.0 Å². The second kappa shape index (κ2) is 3.24. The lowest BCUT2D eigenvalue weighted by atomic mass is 9.85. The first-order valence-corrected chi connectivity index (χ1v) is 4.91. The summed E-state index contributed by atoms with van der Waals surface area (Å²) in [6, 6.07) is 5.71. The highest BCUT2D eigenvalue weighted by molar-refractivity contribution is 6.49. The molecule has 4 heteroatoms. The number of hydrogen-bond donors (Lipinski definition) is 1. The van der Waals surface area contributed by atoms with Crippen molar-refractivity contribution in [3.8, 4) is 5.75 Å². The van der Waals surface area contributed by atoms with E-state index in [0.29, 0.717) is 6.61 Å². The van der Waals surface area contributed by atoms with Crippen molar-refractivity contribution in [2.45, 2.75) is 6.42 Å². The van der Waals surface area contributed by atoms with Crippen molar-refractivity contribution in [3.05, 3.63) is 30.0 Å². The van der Waals surface area contributed by atoms with Crippen LogP contribution in [0.4, 0.5) is 0 Å². The van der Waals surface area contributed by atoms with Gasteiger partial charge < -0.3 is 9.76 Å². The van der Waals surface area contributed by atoms with E-state index in [-0.39, 0.29) is 0 Å². The van der Waals surface area contributed by atoms with E-state index in [1.54, 1.807) is 6.20 Å². The molecule has 2 aromatic rings. The van der Waals surface area contributed by atoms with E-state index in [4.69, 9.17) is 9.76 Å². The third-order valence-electron chi connectivity index (χ3n) is 2.74. The Morgan fingerprint density at radius 1 is 1.33 bits per heavy atom. The minimum Gasteiger partial charge on any atom is -0.493 e. The maximum Gasteiger partial charge on any atom is 0.329 e. The zero-order valence-corrected chi connectivity index (χ0v) is 8.10. The fraction of sp³-hybridized carbons (Fsp3) is 0.182. The Kier molecular flexibility index (Phi) is 1.89. The van der Waals surface area contributed by atoms with Crippen molar-refractivity contribution in [1.29, 1.82) is 0 Å². The first kappa shape index (κ1) is 8.74. The summed E-state index contributed by atoms with van der Waals surface area (Å²) in [6.45, 7) is 0.717. The standard InChI is InChI=1S/C11H9BNO2/c14-12-8-1-2-9-10-7(4-6-15-9)3-5-13-11(8)10/h1-3,5,14H,4,6H2. The summed E-state index contributed by atoms with van der Waals surface area (Å²) in [5, 5.41) is 10.1. The molecule has 0 saturated carbocycles. The van der Waals surface area contributed by atoms with Gasteiger partial charge in [-0.2, -0.15) is 0 Å². The van der Waals surface area contributed by atoms with Gasteiger partial charge in [-0.1, -0.05) is 6.07 Å². The molecular formula is C11H9BNO2. The molecule has 1 N–H and O–H groups in total. The summed E-state index contributed by atoms with van der Waals surface area (Å²) in [7, 11) is 1.09. The van der Waals surface area contributed by atoms with Crippen LogP contribution in [0.2, 0.25) is 0 Å². The van der Waals surface area contributed by atoms with Crippen LogP contribution in [-0.2, 0) is 6.42 Å². The molecule has 0 bridgehead atoms. The van der Waals surface area contributed by atoms with Gasteiger partial charge in [-0.3, -0.25) is 4.98 Å². The van der Waals surface area contributed by atoms with Crippen LogP contribution in [0, 0.1) is 0 Å². The van der Waals surface area contributed by atoms with Gasteiger partial charge in [-0.05, 0) is 23.2 Å². The van der Waals surface area contributed by atoms with Gasteiger partial charge in [0.2, 0.25) is 0 Å². The minimum atomic E-state index is 0.717. The monoisotopic (exact) mass is 198 g/mol. The van der Waals surface area contributed by atoms with Gasteiger partial charge in [-0.25, -0.2) is 0 Å². The van der Waals surface area contributed by atoms with Crippen molar-refractivity contribution in [3.63, 3.8) is 0 Å². The minimum absolute atomic E-state index is 0.717. The lowest BCUT2D eigenvalue weighted by molar-refractivity contribution is 0.318. The molecule has 3 rings (SSSR count). The second-order valence-electron chi connectivity index (χ2n) is 3.57. The van der Waals surface area contributed by atoms with Crippen molar-refractivity contribution in [2.24, 2.45) is 0 Å². The fourth-order valence-corrected chi connectivity index (χ4v) is 2.03. The van der Waals surface area contributed by atoms with Crippen LogP contribution in [0.15, 0.2) is 24.4 Å². The molecule has 1 aromatic carbocycles. The smallest absolute Gasteiger partial charge is 0.329 e. The largest absolute Gasteiger partial charge is 0.493 e. The zero-order chi connectivity index (χ0) is 10.3. The normalized spacial score (nSPS) is 13.7. The number of aromatic nitrogens is 1. The summed E-state index contributed by atoms with van der Waals surface area (Å²) >= 11 is 0. The Morgan fingerprint density at radius 3 is 3.13 bits per heavy atom. The Labute approximate surface area is 88.0 Å². The molecule has 1 aliphatic rings. The van der Waals surface area contributed by atoms with Crippen molar-refractivity contribution < 1.29 is 9.76 Å². The molecule has 3 nitrogen and oxygen atoms in total. The molecule has 1 aliphatic heterocycles. The molecule has 0 saturated heterocycles. The number of pyridine rings is 1. The Morgan fingerprint density at radius 2 is 2.27 bits per heavy atom. The van der Waals surface area contributed by atoms with E-state index >= 15 is 0 Å². The molecule has 0 amide bonds. The average molecular weight is 198 g/mol. The van der Waals surface area contributed by atoms with E-state index in [1.807, 2.05) is 18.2 Å². The van der Waals surface area contributed by atoms with Crippen LogP contribution in [0.3, 0.4) is 0 Å². The van der Waals surface area contributed by atoms with Crippen molar-refractivity contribution in [2.75, 3.05) is 6.61 Å². The number of ether oxygens (including phenoxy) is 1. The van der Waals surface area contributed by atoms with E-state index in [1.165, 1.54) is 5.56 Å². The fourth-order valence-electron chi connectivity index (χ4n) is 2.03. The topological polar surface area (TPSA) is 42.4 Å². The summed E-state index contributed by atoms with van der Waals surface area (Å²) in [5.74, 6) is 0.866. The Balaban J connectivity index is 2.43. The maximum absolute atomic E-state index is 9.10. The van der Waals surface area contributed by atoms with E-state index < -0.39 is 0 Å². The van der Waals surface area contributed by atoms with Gasteiger partial charge in [0.25, 0.3) is 0 Å². The first-order valence-electron chi connectivity index (χ1n) is 4.91. The van der Waals surface area contributed by atoms with Gasteiger partial charge in [0, 0.05) is 18.0 Å². The van der Waals surface area contributed by atoms with Crippen LogP contribution in [-0.4, -0.2) is 24.1 Å². The lowest BCUT2D eigenvalue weighted by Gasteiger charge is -2.18. The third-order valence-corrected chi connectivity index (χ3v) is 2.74. The lowest BCUT2D eigenvalue weighted by Crippen LogP contribution is -2.18.